The van der Waals surface area contributed by atoms with Gasteiger partial charge in [-0.3, -0.25) is 14.7 Å². The van der Waals surface area contributed by atoms with Gasteiger partial charge in [0.2, 0.25) is 5.91 Å². The summed E-state index contributed by atoms with van der Waals surface area (Å²) in [5.41, 5.74) is 0.934. The molecular formula is C21H36IN5O3. The number of aliphatic imine (C=N–C) groups is 1. The maximum absolute atomic E-state index is 11.4. The molecule has 0 bridgehead atoms. The van der Waals surface area contributed by atoms with E-state index in [1.807, 2.05) is 36.1 Å². The molecule has 1 aromatic carbocycles. The van der Waals surface area contributed by atoms with Crippen LogP contribution < -0.4 is 15.4 Å². The van der Waals surface area contributed by atoms with Crippen LogP contribution in [0.25, 0.3) is 0 Å². The Morgan fingerprint density at radius 3 is 2.63 bits per heavy atom. The Morgan fingerprint density at radius 2 is 1.97 bits per heavy atom. The summed E-state index contributed by atoms with van der Waals surface area (Å²) in [6, 6.07) is 7.88. The van der Waals surface area contributed by atoms with E-state index in [-0.39, 0.29) is 29.9 Å². The third-order valence-corrected chi connectivity index (χ3v) is 4.71. The topological polar surface area (TPSA) is 78.4 Å². The summed E-state index contributed by atoms with van der Waals surface area (Å²) in [4.78, 5) is 20.4. The van der Waals surface area contributed by atoms with Crippen molar-refractivity contribution in [2.75, 3.05) is 71.5 Å². The van der Waals surface area contributed by atoms with Crippen LogP contribution in [0.5, 0.6) is 5.75 Å². The number of nitrogens with zero attached hydrogens (tertiary/aromatic N) is 3. The Balaban J connectivity index is 0.00000450. The number of ether oxygens (including phenoxy) is 2. The van der Waals surface area contributed by atoms with Gasteiger partial charge in [0.25, 0.3) is 0 Å². The van der Waals surface area contributed by atoms with Crippen LogP contribution in [-0.4, -0.2) is 87.8 Å². The van der Waals surface area contributed by atoms with Crippen molar-refractivity contribution >= 4 is 41.5 Å². The first-order valence-corrected chi connectivity index (χ1v) is 10.4. The number of amides is 1. The summed E-state index contributed by atoms with van der Waals surface area (Å²) >= 11 is 0. The van der Waals surface area contributed by atoms with Gasteiger partial charge in [0.05, 0.1) is 13.2 Å². The third kappa shape index (κ3) is 9.94. The molecular weight excluding hydrogens is 497 g/mol. The molecule has 1 aliphatic rings. The smallest absolute Gasteiger partial charge is 0.219 e. The predicted octanol–water partition coefficient (Wildman–Crippen LogP) is 2.26. The van der Waals surface area contributed by atoms with Crippen LogP contribution >= 0.6 is 24.0 Å². The fourth-order valence-corrected chi connectivity index (χ4v) is 3.09. The van der Waals surface area contributed by atoms with Crippen LogP contribution in [0.1, 0.15) is 20.3 Å². The first-order valence-electron chi connectivity index (χ1n) is 10.4. The number of guanidine groups is 1. The van der Waals surface area contributed by atoms with Crippen molar-refractivity contribution in [2.24, 2.45) is 4.99 Å². The van der Waals surface area contributed by atoms with Gasteiger partial charge in [-0.15, -0.1) is 24.0 Å². The highest BCUT2D eigenvalue weighted by Gasteiger charge is 2.17. The van der Waals surface area contributed by atoms with E-state index in [0.717, 1.165) is 63.1 Å². The zero-order valence-electron chi connectivity index (χ0n) is 18.4. The normalized spacial score (nSPS) is 14.8. The first kappa shape index (κ1) is 26.4. The summed E-state index contributed by atoms with van der Waals surface area (Å²) in [5.74, 6) is 1.74. The van der Waals surface area contributed by atoms with Crippen LogP contribution in [0.2, 0.25) is 0 Å². The van der Waals surface area contributed by atoms with Crippen molar-refractivity contribution in [3.05, 3.63) is 24.3 Å². The van der Waals surface area contributed by atoms with Crippen LogP contribution in [0.15, 0.2) is 29.3 Å². The minimum Gasteiger partial charge on any atom is -0.493 e. The predicted molar refractivity (Wildman–Crippen MR) is 132 cm³/mol. The highest BCUT2D eigenvalue weighted by atomic mass is 127. The molecule has 9 heteroatoms. The Labute approximate surface area is 197 Å². The largest absolute Gasteiger partial charge is 0.493 e. The van der Waals surface area contributed by atoms with Gasteiger partial charge in [0.15, 0.2) is 5.96 Å². The summed E-state index contributed by atoms with van der Waals surface area (Å²) in [6.45, 7) is 10.8. The molecule has 1 saturated heterocycles. The second-order valence-electron chi connectivity index (χ2n) is 6.96. The van der Waals surface area contributed by atoms with Crippen LogP contribution in [0.4, 0.5) is 5.69 Å². The van der Waals surface area contributed by atoms with Crippen LogP contribution in [0.3, 0.4) is 0 Å². The summed E-state index contributed by atoms with van der Waals surface area (Å²) < 4.78 is 10.8. The van der Waals surface area contributed by atoms with E-state index in [4.69, 9.17) is 9.47 Å². The van der Waals surface area contributed by atoms with Crippen molar-refractivity contribution in [1.29, 1.82) is 0 Å². The van der Waals surface area contributed by atoms with Crippen molar-refractivity contribution in [3.8, 4) is 5.75 Å². The van der Waals surface area contributed by atoms with E-state index >= 15 is 0 Å². The number of carbonyl (C=O) groups excluding carboxylic acids is 1. The quantitative estimate of drug-likeness (QED) is 0.208. The molecule has 0 aliphatic carbocycles. The number of hydrogen-bond donors (Lipinski definition) is 2. The molecule has 0 atom stereocenters. The molecule has 1 amide bonds. The molecule has 0 spiro atoms. The molecule has 1 heterocycles. The van der Waals surface area contributed by atoms with E-state index < -0.39 is 0 Å². The zero-order chi connectivity index (χ0) is 20.9. The number of piperazine rings is 1. The Bertz CT molecular complexity index is 651. The lowest BCUT2D eigenvalue weighted by Gasteiger charge is -2.33. The molecule has 0 radical (unpaired) electrons. The fraction of sp³-hybridized carbons (Fsp3) is 0.619. The first-order chi connectivity index (χ1) is 14.1. The van der Waals surface area contributed by atoms with Crippen LogP contribution in [-0.2, 0) is 9.53 Å². The van der Waals surface area contributed by atoms with Crippen molar-refractivity contribution < 1.29 is 14.3 Å². The second-order valence-corrected chi connectivity index (χ2v) is 6.96. The van der Waals surface area contributed by atoms with E-state index in [9.17, 15) is 4.79 Å². The SMILES string of the molecule is CCNC(=NCCN1CCN(C(C)=O)CC1)Nc1cccc(OCCCOC)c1.I. The fourth-order valence-electron chi connectivity index (χ4n) is 3.09. The highest BCUT2D eigenvalue weighted by molar-refractivity contribution is 14.0. The maximum atomic E-state index is 11.4. The molecule has 2 rings (SSSR count). The minimum absolute atomic E-state index is 0. The Morgan fingerprint density at radius 1 is 1.20 bits per heavy atom. The highest BCUT2D eigenvalue weighted by Crippen LogP contribution is 2.17. The number of rotatable bonds is 10. The number of nitrogens with one attached hydrogen (secondary N) is 2. The van der Waals surface area contributed by atoms with Gasteiger partial charge in [-0.2, -0.15) is 0 Å². The van der Waals surface area contributed by atoms with Gasteiger partial charge in [0, 0.05) is 78.1 Å². The monoisotopic (exact) mass is 533 g/mol. The van der Waals surface area contributed by atoms with E-state index in [0.29, 0.717) is 19.8 Å². The standard InChI is InChI=1S/C21H35N5O3.HI/c1-4-22-21(23-9-10-25-11-13-26(14-12-25)18(2)27)24-19-7-5-8-20(17-19)29-16-6-15-28-3;/h5,7-8,17H,4,6,9-16H2,1-3H3,(H2,22,23,24);1H. The van der Waals surface area contributed by atoms with E-state index in [2.05, 4.69) is 20.5 Å². The molecule has 0 saturated carbocycles. The summed E-state index contributed by atoms with van der Waals surface area (Å²) in [6.07, 6.45) is 0.860. The van der Waals surface area contributed by atoms with Gasteiger partial charge >= 0.3 is 0 Å². The Hall–Kier alpha value is -1.59. The lowest BCUT2D eigenvalue weighted by atomic mass is 10.3. The van der Waals surface area contributed by atoms with Gasteiger partial charge in [0.1, 0.15) is 5.75 Å². The molecule has 170 valence electrons. The van der Waals surface area contributed by atoms with Gasteiger partial charge in [-0.25, -0.2) is 0 Å². The second kappa shape index (κ2) is 15.2. The molecule has 2 N–H and O–H groups in total. The number of anilines is 1. The summed E-state index contributed by atoms with van der Waals surface area (Å²) in [5, 5.41) is 6.62. The van der Waals surface area contributed by atoms with E-state index in [1.165, 1.54) is 0 Å². The summed E-state index contributed by atoms with van der Waals surface area (Å²) in [7, 11) is 1.69. The van der Waals surface area contributed by atoms with Crippen molar-refractivity contribution in [3.63, 3.8) is 0 Å². The molecule has 30 heavy (non-hydrogen) atoms. The van der Waals surface area contributed by atoms with Crippen molar-refractivity contribution in [2.45, 2.75) is 20.3 Å². The van der Waals surface area contributed by atoms with Gasteiger partial charge in [-0.05, 0) is 19.1 Å². The molecule has 8 nitrogen and oxygen atoms in total. The van der Waals surface area contributed by atoms with E-state index in [1.54, 1.807) is 14.0 Å². The van der Waals surface area contributed by atoms with Crippen LogP contribution in [0, 0.1) is 0 Å². The molecule has 0 aromatic heterocycles. The average molecular weight is 533 g/mol. The average Bonchev–Trinajstić information content (AvgIpc) is 2.72. The zero-order valence-corrected chi connectivity index (χ0v) is 20.7. The number of methoxy groups -OCH3 is 1. The molecule has 1 aliphatic heterocycles. The maximum Gasteiger partial charge on any atom is 0.219 e. The molecule has 0 unspecified atom stereocenters. The number of hydrogen-bond acceptors (Lipinski definition) is 5. The lowest BCUT2D eigenvalue weighted by molar-refractivity contribution is -0.130. The van der Waals surface area contributed by atoms with Gasteiger partial charge < -0.3 is 25.0 Å². The number of carbonyl (C=O) groups is 1. The molecule has 1 fully saturated rings. The third-order valence-electron chi connectivity index (χ3n) is 4.71. The molecule has 1 aromatic rings. The van der Waals surface area contributed by atoms with Gasteiger partial charge in [-0.1, -0.05) is 6.07 Å². The van der Waals surface area contributed by atoms with Crippen molar-refractivity contribution in [1.82, 2.24) is 15.1 Å². The number of benzene rings is 1. The lowest BCUT2D eigenvalue weighted by Crippen LogP contribution is -2.48. The minimum atomic E-state index is 0. The Kier molecular flexibility index (Phi) is 13.4. The number of halogens is 1.